The fraction of sp³-hybridized carbons (Fsp3) is 0.231. The fourth-order valence-electron chi connectivity index (χ4n) is 8.98. The number of aryl methyl sites for hydroxylation is 2. The molecule has 0 bridgehead atoms. The van der Waals surface area contributed by atoms with E-state index < -0.39 is 0 Å². The third-order valence-corrected chi connectivity index (χ3v) is 11.7. The minimum absolute atomic E-state index is 0.0423. The Labute approximate surface area is 329 Å². The number of rotatable bonds is 13. The molecule has 8 rings (SSSR count). The number of unbranched alkanes of at least 4 members (excludes halogenated alkanes) is 6. The van der Waals surface area contributed by atoms with Crippen molar-refractivity contribution >= 4 is 43.1 Å². The lowest BCUT2D eigenvalue weighted by Gasteiger charge is -2.21. The molecule has 0 atom stereocenters. The van der Waals surface area contributed by atoms with Crippen LogP contribution in [0.4, 0.5) is 0 Å². The summed E-state index contributed by atoms with van der Waals surface area (Å²) < 4.78 is 0. The molecule has 8 aromatic carbocycles. The molecule has 282 valence electrons. The van der Waals surface area contributed by atoms with E-state index in [1.807, 2.05) is 97.1 Å². The van der Waals surface area contributed by atoms with Crippen LogP contribution in [-0.4, -0.2) is 20.4 Å². The highest BCUT2D eigenvalue weighted by Gasteiger charge is 2.24. The Morgan fingerprint density at radius 2 is 0.607 bits per heavy atom. The second-order valence-corrected chi connectivity index (χ2v) is 15.3. The molecule has 0 saturated heterocycles. The quantitative estimate of drug-likeness (QED) is 0.0888. The Bertz CT molecular complexity index is 2540. The van der Waals surface area contributed by atoms with E-state index in [2.05, 4.69) is 26.0 Å². The van der Waals surface area contributed by atoms with Crippen LogP contribution in [0.25, 0.3) is 76.5 Å². The zero-order valence-corrected chi connectivity index (χ0v) is 32.4. The van der Waals surface area contributed by atoms with E-state index in [4.69, 9.17) is 0 Å². The maximum atomic E-state index is 12.1. The highest BCUT2D eigenvalue weighted by Crippen LogP contribution is 2.52. The fourth-order valence-corrected chi connectivity index (χ4v) is 8.98. The van der Waals surface area contributed by atoms with E-state index in [-0.39, 0.29) is 23.0 Å². The van der Waals surface area contributed by atoms with E-state index in [1.54, 1.807) is 12.1 Å². The van der Waals surface area contributed by atoms with Crippen LogP contribution >= 0.6 is 0 Å². The van der Waals surface area contributed by atoms with Gasteiger partial charge < -0.3 is 20.4 Å². The largest absolute Gasteiger partial charge is 0.507 e. The van der Waals surface area contributed by atoms with E-state index in [9.17, 15) is 20.4 Å². The Morgan fingerprint density at radius 1 is 0.321 bits per heavy atom. The molecule has 0 spiro atoms. The molecule has 0 fully saturated rings. The van der Waals surface area contributed by atoms with Gasteiger partial charge in [0.25, 0.3) is 0 Å². The highest BCUT2D eigenvalue weighted by molar-refractivity contribution is 6.18. The zero-order chi connectivity index (χ0) is 38.8. The summed E-state index contributed by atoms with van der Waals surface area (Å²) in [5, 5.41) is 55.0. The molecule has 8 aromatic rings. The predicted molar refractivity (Wildman–Crippen MR) is 235 cm³/mol. The summed E-state index contributed by atoms with van der Waals surface area (Å²) in [6, 6.07) is 39.6. The van der Waals surface area contributed by atoms with Gasteiger partial charge >= 0.3 is 0 Å². The molecule has 4 nitrogen and oxygen atoms in total. The van der Waals surface area contributed by atoms with Gasteiger partial charge in [-0.3, -0.25) is 0 Å². The summed E-state index contributed by atoms with van der Waals surface area (Å²) in [6.07, 6.45) is 10.9. The van der Waals surface area contributed by atoms with Gasteiger partial charge in [-0.25, -0.2) is 0 Å². The molecule has 4 heteroatoms. The molecule has 0 saturated carbocycles. The Balaban J connectivity index is 1.31. The molecule has 0 aliphatic carbocycles. The Hall–Kier alpha value is -6.00. The van der Waals surface area contributed by atoms with Crippen LogP contribution in [0.2, 0.25) is 0 Å². The van der Waals surface area contributed by atoms with E-state index in [1.165, 1.54) is 25.7 Å². The van der Waals surface area contributed by atoms with Gasteiger partial charge in [0.1, 0.15) is 23.0 Å². The number of hydrogen-bond acceptors (Lipinski definition) is 4. The average molecular weight is 739 g/mol. The van der Waals surface area contributed by atoms with Gasteiger partial charge in [0.05, 0.1) is 0 Å². The lowest BCUT2D eigenvalue weighted by Crippen LogP contribution is -1.95. The van der Waals surface area contributed by atoms with Crippen LogP contribution < -0.4 is 0 Å². The molecule has 4 N–H and O–H groups in total. The van der Waals surface area contributed by atoms with Crippen LogP contribution in [0.5, 0.6) is 23.0 Å². The molecule has 0 aromatic heterocycles. The van der Waals surface area contributed by atoms with Gasteiger partial charge in [-0.2, -0.15) is 0 Å². The second-order valence-electron chi connectivity index (χ2n) is 15.3. The summed E-state index contributed by atoms with van der Waals surface area (Å²) >= 11 is 0. The smallest absolute Gasteiger partial charge is 0.124 e. The SMILES string of the molecule is CCCCCCc1cc(O)c(-c2c(O)cc(-c3cc(O)c(-c4c(O)cc(CCCCCC)c5ccccc45)c4ccccc34)c3ccccc23)c2ccccc12. The van der Waals surface area contributed by atoms with Crippen LogP contribution in [0, 0.1) is 0 Å². The number of hydrogen-bond donors (Lipinski definition) is 4. The maximum Gasteiger partial charge on any atom is 0.124 e. The normalized spacial score (nSPS) is 11.7. The van der Waals surface area contributed by atoms with Crippen molar-refractivity contribution in [1.82, 2.24) is 0 Å². The van der Waals surface area contributed by atoms with E-state index in [0.29, 0.717) is 22.3 Å². The van der Waals surface area contributed by atoms with Crippen molar-refractivity contribution in [2.75, 3.05) is 0 Å². The van der Waals surface area contributed by atoms with Crippen molar-refractivity contribution in [1.29, 1.82) is 0 Å². The average Bonchev–Trinajstić information content (AvgIpc) is 3.22. The topological polar surface area (TPSA) is 80.9 Å². The number of benzene rings is 8. The second kappa shape index (κ2) is 16.0. The van der Waals surface area contributed by atoms with Gasteiger partial charge in [-0.15, -0.1) is 0 Å². The van der Waals surface area contributed by atoms with Crippen molar-refractivity contribution < 1.29 is 20.4 Å². The first-order chi connectivity index (χ1) is 27.4. The first-order valence-corrected chi connectivity index (χ1v) is 20.4. The molecule has 0 unspecified atom stereocenters. The zero-order valence-electron chi connectivity index (χ0n) is 32.4. The van der Waals surface area contributed by atoms with Crippen LogP contribution in [-0.2, 0) is 12.8 Å². The van der Waals surface area contributed by atoms with Crippen LogP contribution in [0.1, 0.15) is 76.3 Å². The van der Waals surface area contributed by atoms with Crippen molar-refractivity contribution in [2.45, 2.75) is 78.1 Å². The predicted octanol–water partition coefficient (Wildman–Crippen LogP) is 14.4. The summed E-state index contributed by atoms with van der Waals surface area (Å²) in [5.41, 5.74) is 6.11. The van der Waals surface area contributed by atoms with Gasteiger partial charge in [0, 0.05) is 22.3 Å². The molecular formula is C52H50O4. The van der Waals surface area contributed by atoms with Gasteiger partial charge in [0.15, 0.2) is 0 Å². The number of aromatic hydroxyl groups is 4. The highest BCUT2D eigenvalue weighted by atomic mass is 16.3. The first kappa shape index (κ1) is 36.9. The van der Waals surface area contributed by atoms with Gasteiger partial charge in [-0.05, 0) is 115 Å². The lowest BCUT2D eigenvalue weighted by atomic mass is 9.84. The molecule has 0 amide bonds. The number of phenols is 4. The monoisotopic (exact) mass is 738 g/mol. The first-order valence-electron chi connectivity index (χ1n) is 20.4. The van der Waals surface area contributed by atoms with Crippen LogP contribution in [0.3, 0.4) is 0 Å². The molecule has 56 heavy (non-hydrogen) atoms. The van der Waals surface area contributed by atoms with Gasteiger partial charge in [-0.1, -0.05) is 149 Å². The summed E-state index contributed by atoms with van der Waals surface area (Å²) in [7, 11) is 0. The van der Waals surface area contributed by atoms with E-state index >= 15 is 0 Å². The summed E-state index contributed by atoms with van der Waals surface area (Å²) in [6.45, 7) is 4.42. The van der Waals surface area contributed by atoms with Gasteiger partial charge in [0.2, 0.25) is 0 Å². The lowest BCUT2D eigenvalue weighted by molar-refractivity contribution is 0.469. The summed E-state index contributed by atoms with van der Waals surface area (Å²) in [5.74, 6) is 0.379. The van der Waals surface area contributed by atoms with Crippen molar-refractivity contribution in [3.8, 4) is 56.4 Å². The molecule has 0 radical (unpaired) electrons. The van der Waals surface area contributed by atoms with E-state index in [0.717, 1.165) is 104 Å². The molecular weight excluding hydrogens is 689 g/mol. The third kappa shape index (κ3) is 6.68. The van der Waals surface area contributed by atoms with Crippen molar-refractivity contribution in [3.05, 3.63) is 132 Å². The molecule has 0 aliphatic rings. The minimum atomic E-state index is 0.0423. The minimum Gasteiger partial charge on any atom is -0.507 e. The Morgan fingerprint density at radius 3 is 0.946 bits per heavy atom. The maximum absolute atomic E-state index is 12.1. The summed E-state index contributed by atoms with van der Waals surface area (Å²) in [4.78, 5) is 0. The van der Waals surface area contributed by atoms with Crippen LogP contribution in [0.15, 0.2) is 121 Å². The standard InChI is InChI=1S/C52H50O4/c1-3-5-7-9-19-33-29-45(53)49(39-25-15-11-21-35(33)39)51-41-27-17-13-23-37(41)43(31-47(51)55)44-32-48(56)52(42-28-18-14-24-38(42)44)50-40-26-16-12-22-36(40)34(30-46(50)54)20-10-8-6-4-2/h11-18,21-32,53-56H,3-10,19-20H2,1-2H3. The number of phenolic OH excluding ortho intramolecular Hbond substituents is 4. The number of fused-ring (bicyclic) bond motifs is 4. The molecule has 0 heterocycles. The van der Waals surface area contributed by atoms with Crippen molar-refractivity contribution in [2.24, 2.45) is 0 Å². The third-order valence-electron chi connectivity index (χ3n) is 11.7. The Kier molecular flexibility index (Phi) is 10.6. The molecule has 0 aliphatic heterocycles. The van der Waals surface area contributed by atoms with Crippen molar-refractivity contribution in [3.63, 3.8) is 0 Å².